The van der Waals surface area contributed by atoms with Crippen LogP contribution in [0.5, 0.6) is 0 Å². The third kappa shape index (κ3) is 3.94. The van der Waals surface area contributed by atoms with Gasteiger partial charge >= 0.3 is 5.97 Å². The summed E-state index contributed by atoms with van der Waals surface area (Å²) in [6, 6.07) is 5.44. The van der Waals surface area contributed by atoms with Crippen molar-refractivity contribution in [1.29, 1.82) is 0 Å². The van der Waals surface area contributed by atoms with E-state index in [4.69, 9.17) is 11.2 Å². The molecule has 9 heteroatoms. The molecule has 138 valence electrons. The van der Waals surface area contributed by atoms with Crippen LogP contribution in [0.2, 0.25) is 0 Å². The molecule has 3 aromatic rings. The number of halogens is 1. The molecule has 2 N–H and O–H groups in total. The van der Waals surface area contributed by atoms with Gasteiger partial charge in [0.25, 0.3) is 0 Å². The van der Waals surface area contributed by atoms with Crippen molar-refractivity contribution in [3.8, 4) is 23.0 Å². The summed E-state index contributed by atoms with van der Waals surface area (Å²) >= 11 is 1.26. The lowest BCUT2D eigenvalue weighted by atomic mass is 10.3. The van der Waals surface area contributed by atoms with Gasteiger partial charge in [0.2, 0.25) is 0 Å². The Bertz CT molecular complexity index is 1020. The number of methoxy groups -OCH3 is 1. The van der Waals surface area contributed by atoms with E-state index in [-0.39, 0.29) is 18.4 Å². The summed E-state index contributed by atoms with van der Waals surface area (Å²) in [5, 5.41) is 10.5. The van der Waals surface area contributed by atoms with E-state index in [1.807, 2.05) is 6.07 Å². The van der Waals surface area contributed by atoms with E-state index in [0.717, 1.165) is 10.6 Å². The van der Waals surface area contributed by atoms with Crippen LogP contribution in [0.3, 0.4) is 0 Å². The minimum atomic E-state index is -0.385. The lowest BCUT2D eigenvalue weighted by Crippen LogP contribution is -2.00. The molecule has 0 aromatic carbocycles. The van der Waals surface area contributed by atoms with Gasteiger partial charge in [0.1, 0.15) is 4.88 Å². The molecule has 27 heavy (non-hydrogen) atoms. The maximum atomic E-state index is 11.6. The number of carbonyl (C=O) groups excluding carboxylic acids is 1. The number of aromatic nitrogens is 4. The molecular weight excluding hydrogens is 386 g/mol. The molecule has 1 saturated carbocycles. The summed E-state index contributed by atoms with van der Waals surface area (Å²) in [5.41, 5.74) is 1.65. The van der Waals surface area contributed by atoms with Gasteiger partial charge < -0.3 is 10.1 Å². The number of terminal acetylenes is 1. The number of nitrogens with zero attached hydrogens (tertiary/aromatic N) is 3. The number of nitrogens with one attached hydrogen (secondary N) is 2. The van der Waals surface area contributed by atoms with Gasteiger partial charge in [0.05, 0.1) is 17.6 Å². The van der Waals surface area contributed by atoms with Crippen LogP contribution >= 0.6 is 23.7 Å². The number of thiophene rings is 1. The zero-order valence-corrected chi connectivity index (χ0v) is 16.0. The van der Waals surface area contributed by atoms with Crippen molar-refractivity contribution in [1.82, 2.24) is 20.2 Å². The van der Waals surface area contributed by atoms with E-state index in [1.54, 1.807) is 18.3 Å². The first-order valence-electron chi connectivity index (χ1n) is 8.02. The number of aromatic amines is 1. The molecule has 0 saturated heterocycles. The highest BCUT2D eigenvalue weighted by Gasteiger charge is 2.25. The second kappa shape index (κ2) is 7.78. The van der Waals surface area contributed by atoms with Crippen molar-refractivity contribution in [2.75, 3.05) is 12.4 Å². The summed E-state index contributed by atoms with van der Waals surface area (Å²) in [6.07, 6.45) is 9.52. The molecule has 0 amide bonds. The summed E-state index contributed by atoms with van der Waals surface area (Å²) in [7, 11) is 1.35. The summed E-state index contributed by atoms with van der Waals surface area (Å²) in [4.78, 5) is 21.7. The quantitative estimate of drug-likeness (QED) is 0.499. The maximum absolute atomic E-state index is 11.6. The number of anilines is 2. The first kappa shape index (κ1) is 18.9. The number of hydrogen-bond donors (Lipinski definition) is 2. The molecule has 3 aromatic heterocycles. The van der Waals surface area contributed by atoms with Gasteiger partial charge in [0, 0.05) is 23.9 Å². The molecule has 0 spiro atoms. The van der Waals surface area contributed by atoms with Crippen molar-refractivity contribution >= 4 is 41.3 Å². The number of carbonyl (C=O) groups is 1. The molecule has 1 aliphatic rings. The Morgan fingerprint density at radius 2 is 2.26 bits per heavy atom. The zero-order chi connectivity index (χ0) is 18.1. The lowest BCUT2D eigenvalue weighted by molar-refractivity contribution is 0.0606. The van der Waals surface area contributed by atoms with Crippen LogP contribution in [0.1, 0.15) is 39.7 Å². The standard InChI is InChI=1S/C18H15N5O2S.ClH/c1-3-10-9-19-17(13-6-7-14(26-13)18(24)25-2)21-16(10)20-15-8-12(22-23-15)11-4-5-11;/h1,6-9,11H,4-5H2,2H3,(H2,19,20,21,22,23);1H. The van der Waals surface area contributed by atoms with Crippen LogP contribution in [0.25, 0.3) is 10.7 Å². The number of esters is 1. The van der Waals surface area contributed by atoms with Crippen molar-refractivity contribution in [3.63, 3.8) is 0 Å². The first-order valence-corrected chi connectivity index (χ1v) is 8.84. The molecule has 0 unspecified atom stereocenters. The molecule has 0 radical (unpaired) electrons. The predicted molar refractivity (Wildman–Crippen MR) is 106 cm³/mol. The molecule has 1 fully saturated rings. The van der Waals surface area contributed by atoms with Crippen LogP contribution in [0.4, 0.5) is 11.6 Å². The van der Waals surface area contributed by atoms with Crippen molar-refractivity contribution in [2.45, 2.75) is 18.8 Å². The van der Waals surface area contributed by atoms with Gasteiger partial charge in [-0.25, -0.2) is 14.8 Å². The highest BCUT2D eigenvalue weighted by atomic mass is 35.5. The minimum absolute atomic E-state index is 0. The fourth-order valence-corrected chi connectivity index (χ4v) is 3.36. The second-order valence-electron chi connectivity index (χ2n) is 5.86. The molecule has 3 heterocycles. The van der Waals surface area contributed by atoms with Crippen molar-refractivity contribution < 1.29 is 9.53 Å². The average molecular weight is 402 g/mol. The van der Waals surface area contributed by atoms with Crippen LogP contribution in [0.15, 0.2) is 24.4 Å². The average Bonchev–Trinajstić information content (AvgIpc) is 3.21. The van der Waals surface area contributed by atoms with Gasteiger partial charge in [-0.1, -0.05) is 5.92 Å². The summed E-state index contributed by atoms with van der Waals surface area (Å²) in [6.45, 7) is 0. The molecule has 0 aliphatic heterocycles. The summed E-state index contributed by atoms with van der Waals surface area (Å²) in [5.74, 6) is 4.40. The van der Waals surface area contributed by atoms with Crippen molar-refractivity contribution in [3.05, 3.63) is 40.5 Å². The molecule has 0 bridgehead atoms. The van der Waals surface area contributed by atoms with Crippen LogP contribution in [0, 0.1) is 12.3 Å². The fourth-order valence-electron chi connectivity index (χ4n) is 2.50. The minimum Gasteiger partial charge on any atom is -0.465 e. The molecule has 7 nitrogen and oxygen atoms in total. The topological polar surface area (TPSA) is 92.8 Å². The SMILES string of the molecule is C#Cc1cnc(-c2ccc(C(=O)OC)s2)nc1Nc1cc(C2CC2)[nH]n1.Cl. The van der Waals surface area contributed by atoms with Crippen molar-refractivity contribution in [2.24, 2.45) is 0 Å². The van der Waals surface area contributed by atoms with Gasteiger partial charge in [-0.2, -0.15) is 5.10 Å². The van der Waals surface area contributed by atoms with E-state index in [0.29, 0.717) is 33.8 Å². The first-order chi connectivity index (χ1) is 12.7. The van der Waals surface area contributed by atoms with Gasteiger partial charge in [0.15, 0.2) is 17.5 Å². The third-order valence-corrected chi connectivity index (χ3v) is 5.08. The van der Waals surface area contributed by atoms with Crippen LogP contribution in [-0.4, -0.2) is 33.2 Å². The van der Waals surface area contributed by atoms with E-state index >= 15 is 0 Å². The largest absolute Gasteiger partial charge is 0.465 e. The Labute approximate surface area is 166 Å². The van der Waals surface area contributed by atoms with E-state index in [1.165, 1.54) is 31.3 Å². The normalized spacial score (nSPS) is 12.7. The Morgan fingerprint density at radius 3 is 2.96 bits per heavy atom. The van der Waals surface area contributed by atoms with Crippen LogP contribution in [-0.2, 0) is 4.74 Å². The van der Waals surface area contributed by atoms with Gasteiger partial charge in [-0.15, -0.1) is 30.2 Å². The lowest BCUT2D eigenvalue weighted by Gasteiger charge is -2.06. The number of hydrogen-bond acceptors (Lipinski definition) is 7. The third-order valence-electron chi connectivity index (χ3n) is 4.02. The number of rotatable bonds is 5. The Hall–Kier alpha value is -2.89. The monoisotopic (exact) mass is 401 g/mol. The molecular formula is C18H16ClN5O2S. The van der Waals surface area contributed by atoms with E-state index in [9.17, 15) is 4.79 Å². The van der Waals surface area contributed by atoms with Gasteiger partial charge in [-0.3, -0.25) is 5.10 Å². The molecule has 4 rings (SSSR count). The Morgan fingerprint density at radius 1 is 1.44 bits per heavy atom. The second-order valence-corrected chi connectivity index (χ2v) is 6.95. The highest BCUT2D eigenvalue weighted by molar-refractivity contribution is 7.17. The molecule has 0 atom stereocenters. The van der Waals surface area contributed by atoms with E-state index in [2.05, 4.69) is 31.4 Å². The van der Waals surface area contributed by atoms with E-state index < -0.39 is 0 Å². The van der Waals surface area contributed by atoms with Gasteiger partial charge in [-0.05, 0) is 25.0 Å². The Balaban J connectivity index is 0.00000210. The fraction of sp³-hybridized carbons (Fsp3) is 0.222. The maximum Gasteiger partial charge on any atom is 0.348 e. The van der Waals surface area contributed by atoms with Crippen LogP contribution < -0.4 is 5.32 Å². The highest BCUT2D eigenvalue weighted by Crippen LogP contribution is 2.39. The number of ether oxygens (including phenoxy) is 1. The smallest absolute Gasteiger partial charge is 0.348 e. The summed E-state index contributed by atoms with van der Waals surface area (Å²) < 4.78 is 4.73. The molecule has 1 aliphatic carbocycles. The zero-order valence-electron chi connectivity index (χ0n) is 14.4. The predicted octanol–water partition coefficient (Wildman–Crippen LogP) is 3.74. The number of H-pyrrole nitrogens is 1. The Kier molecular flexibility index (Phi) is 5.44.